The first-order chi connectivity index (χ1) is 11.5. The van der Waals surface area contributed by atoms with Crippen molar-refractivity contribution in [2.24, 2.45) is 5.92 Å². The van der Waals surface area contributed by atoms with E-state index in [9.17, 15) is 4.79 Å². The van der Waals surface area contributed by atoms with E-state index in [2.05, 4.69) is 51.6 Å². The lowest BCUT2D eigenvalue weighted by Gasteiger charge is -2.09. The SMILES string of the molecule is Cc1nn(Cc2ccccc2)c(C)c1CNCCNC(=O)C(C)C. The van der Waals surface area contributed by atoms with Gasteiger partial charge in [-0.2, -0.15) is 5.10 Å². The summed E-state index contributed by atoms with van der Waals surface area (Å²) < 4.78 is 2.06. The van der Waals surface area contributed by atoms with Gasteiger partial charge in [-0.25, -0.2) is 0 Å². The molecular weight excluding hydrogens is 300 g/mol. The molecule has 0 spiro atoms. The molecule has 0 bridgehead atoms. The number of aromatic nitrogens is 2. The predicted octanol–water partition coefficient (Wildman–Crippen LogP) is 2.41. The Bertz CT molecular complexity index is 662. The molecule has 1 aromatic heterocycles. The van der Waals surface area contributed by atoms with Gasteiger partial charge in [0.15, 0.2) is 0 Å². The summed E-state index contributed by atoms with van der Waals surface area (Å²) in [5.41, 5.74) is 4.73. The lowest BCUT2D eigenvalue weighted by molar-refractivity contribution is -0.123. The largest absolute Gasteiger partial charge is 0.355 e. The highest BCUT2D eigenvalue weighted by Gasteiger charge is 2.11. The highest BCUT2D eigenvalue weighted by Crippen LogP contribution is 2.14. The third-order valence-electron chi connectivity index (χ3n) is 4.13. The summed E-state index contributed by atoms with van der Waals surface area (Å²) in [5.74, 6) is 0.130. The lowest BCUT2D eigenvalue weighted by Crippen LogP contribution is -2.34. The second-order valence-electron chi connectivity index (χ2n) is 6.42. The zero-order valence-electron chi connectivity index (χ0n) is 15.1. The van der Waals surface area contributed by atoms with Crippen LogP contribution in [-0.4, -0.2) is 28.8 Å². The molecule has 2 aromatic rings. The van der Waals surface area contributed by atoms with E-state index in [0.717, 1.165) is 25.3 Å². The van der Waals surface area contributed by atoms with Crippen LogP contribution in [-0.2, 0) is 17.9 Å². The molecule has 2 rings (SSSR count). The standard InChI is InChI=1S/C19H28N4O/c1-14(2)19(24)21-11-10-20-12-18-15(3)22-23(16(18)4)13-17-8-6-5-7-9-17/h5-9,14,20H,10-13H2,1-4H3,(H,21,24). The number of amides is 1. The van der Waals surface area contributed by atoms with Crippen LogP contribution in [0.2, 0.25) is 0 Å². The van der Waals surface area contributed by atoms with E-state index in [-0.39, 0.29) is 11.8 Å². The highest BCUT2D eigenvalue weighted by atomic mass is 16.1. The molecule has 0 atom stereocenters. The summed E-state index contributed by atoms with van der Waals surface area (Å²) in [6, 6.07) is 10.4. The fourth-order valence-electron chi connectivity index (χ4n) is 2.59. The number of hydrogen-bond donors (Lipinski definition) is 2. The number of benzene rings is 1. The molecule has 0 fully saturated rings. The van der Waals surface area contributed by atoms with Gasteiger partial charge in [-0.05, 0) is 19.4 Å². The maximum atomic E-state index is 11.5. The topological polar surface area (TPSA) is 59.0 Å². The van der Waals surface area contributed by atoms with Crippen LogP contribution in [0.3, 0.4) is 0 Å². The van der Waals surface area contributed by atoms with E-state index in [1.807, 2.05) is 26.8 Å². The molecule has 0 aliphatic carbocycles. The van der Waals surface area contributed by atoms with E-state index >= 15 is 0 Å². The van der Waals surface area contributed by atoms with Crippen LogP contribution in [0.5, 0.6) is 0 Å². The first-order valence-corrected chi connectivity index (χ1v) is 8.54. The molecule has 0 saturated heterocycles. The van der Waals surface area contributed by atoms with Gasteiger partial charge in [0.1, 0.15) is 0 Å². The summed E-state index contributed by atoms with van der Waals surface area (Å²) in [5, 5.41) is 11.0. The molecule has 0 aliphatic heterocycles. The Balaban J connectivity index is 1.86. The van der Waals surface area contributed by atoms with Crippen LogP contribution < -0.4 is 10.6 Å². The number of rotatable bonds is 8. The number of aryl methyl sites for hydroxylation is 1. The van der Waals surface area contributed by atoms with Crippen LogP contribution in [0.4, 0.5) is 0 Å². The van der Waals surface area contributed by atoms with Gasteiger partial charge in [0.05, 0.1) is 12.2 Å². The summed E-state index contributed by atoms with van der Waals surface area (Å²) >= 11 is 0. The maximum Gasteiger partial charge on any atom is 0.222 e. The van der Waals surface area contributed by atoms with Gasteiger partial charge in [-0.15, -0.1) is 0 Å². The minimum atomic E-state index is 0.0331. The van der Waals surface area contributed by atoms with Crippen molar-refractivity contribution in [3.63, 3.8) is 0 Å². The number of carbonyl (C=O) groups excluding carboxylic acids is 1. The van der Waals surface area contributed by atoms with E-state index in [4.69, 9.17) is 0 Å². The smallest absolute Gasteiger partial charge is 0.222 e. The Morgan fingerprint density at radius 2 is 1.88 bits per heavy atom. The number of nitrogens with one attached hydrogen (secondary N) is 2. The van der Waals surface area contributed by atoms with Gasteiger partial charge in [0.25, 0.3) is 0 Å². The molecule has 0 radical (unpaired) electrons. The van der Waals surface area contributed by atoms with Crippen LogP contribution in [0.25, 0.3) is 0 Å². The van der Waals surface area contributed by atoms with Crippen molar-refractivity contribution < 1.29 is 4.79 Å². The van der Waals surface area contributed by atoms with Crippen LogP contribution >= 0.6 is 0 Å². The minimum Gasteiger partial charge on any atom is -0.355 e. The van der Waals surface area contributed by atoms with E-state index in [1.165, 1.54) is 16.8 Å². The van der Waals surface area contributed by atoms with E-state index in [0.29, 0.717) is 6.54 Å². The van der Waals surface area contributed by atoms with Gasteiger partial charge >= 0.3 is 0 Å². The highest BCUT2D eigenvalue weighted by molar-refractivity contribution is 5.77. The van der Waals surface area contributed by atoms with Crippen LogP contribution in [0.1, 0.15) is 36.4 Å². The zero-order chi connectivity index (χ0) is 17.5. The van der Waals surface area contributed by atoms with Crippen molar-refractivity contribution in [2.75, 3.05) is 13.1 Å². The second kappa shape index (κ2) is 8.64. The van der Waals surface area contributed by atoms with Crippen molar-refractivity contribution in [3.05, 3.63) is 52.8 Å². The zero-order valence-corrected chi connectivity index (χ0v) is 15.1. The quantitative estimate of drug-likeness (QED) is 0.732. The third kappa shape index (κ3) is 4.93. The molecule has 2 N–H and O–H groups in total. The van der Waals surface area contributed by atoms with Gasteiger partial charge in [0, 0.05) is 36.8 Å². The van der Waals surface area contributed by atoms with Gasteiger partial charge in [-0.3, -0.25) is 9.48 Å². The fourth-order valence-corrected chi connectivity index (χ4v) is 2.59. The molecule has 1 aromatic carbocycles. The predicted molar refractivity (Wildman–Crippen MR) is 96.8 cm³/mol. The Morgan fingerprint density at radius 1 is 1.17 bits per heavy atom. The van der Waals surface area contributed by atoms with Crippen molar-refractivity contribution in [1.82, 2.24) is 20.4 Å². The lowest BCUT2D eigenvalue weighted by atomic mass is 10.2. The second-order valence-corrected chi connectivity index (χ2v) is 6.42. The summed E-state index contributed by atoms with van der Waals surface area (Å²) in [4.78, 5) is 11.5. The molecule has 5 nitrogen and oxygen atoms in total. The van der Waals surface area contributed by atoms with E-state index < -0.39 is 0 Å². The Kier molecular flexibility index (Phi) is 6.55. The van der Waals surface area contributed by atoms with Gasteiger partial charge in [-0.1, -0.05) is 44.2 Å². The average molecular weight is 328 g/mol. The third-order valence-corrected chi connectivity index (χ3v) is 4.13. The molecule has 1 amide bonds. The van der Waals surface area contributed by atoms with Crippen LogP contribution in [0.15, 0.2) is 30.3 Å². The monoisotopic (exact) mass is 328 g/mol. The van der Waals surface area contributed by atoms with Crippen molar-refractivity contribution in [1.29, 1.82) is 0 Å². The molecular formula is C19H28N4O. The number of nitrogens with zero attached hydrogens (tertiary/aromatic N) is 2. The van der Waals surface area contributed by atoms with Crippen molar-refractivity contribution in [2.45, 2.75) is 40.8 Å². The summed E-state index contributed by atoms with van der Waals surface area (Å²) in [7, 11) is 0. The Labute approximate surface area is 144 Å². The molecule has 0 saturated carbocycles. The van der Waals surface area contributed by atoms with Gasteiger partial charge in [0.2, 0.25) is 5.91 Å². The maximum absolute atomic E-state index is 11.5. The minimum absolute atomic E-state index is 0.0331. The van der Waals surface area contributed by atoms with Crippen LogP contribution in [0, 0.1) is 19.8 Å². The first kappa shape index (κ1) is 18.2. The molecule has 1 heterocycles. The molecule has 24 heavy (non-hydrogen) atoms. The molecule has 0 unspecified atom stereocenters. The molecule has 5 heteroatoms. The van der Waals surface area contributed by atoms with Crippen molar-refractivity contribution in [3.8, 4) is 0 Å². The Hall–Kier alpha value is -2.14. The number of carbonyl (C=O) groups is 1. The summed E-state index contributed by atoms with van der Waals surface area (Å²) in [6.45, 7) is 10.9. The Morgan fingerprint density at radius 3 is 2.54 bits per heavy atom. The summed E-state index contributed by atoms with van der Waals surface area (Å²) in [6.07, 6.45) is 0. The molecule has 0 aliphatic rings. The molecule has 130 valence electrons. The normalized spacial score (nSPS) is 11.0. The average Bonchev–Trinajstić information content (AvgIpc) is 2.82. The van der Waals surface area contributed by atoms with E-state index in [1.54, 1.807) is 0 Å². The first-order valence-electron chi connectivity index (χ1n) is 8.54. The number of hydrogen-bond acceptors (Lipinski definition) is 3. The van der Waals surface area contributed by atoms with Gasteiger partial charge < -0.3 is 10.6 Å². The van der Waals surface area contributed by atoms with Crippen molar-refractivity contribution >= 4 is 5.91 Å². The fraction of sp³-hybridized carbons (Fsp3) is 0.474.